The van der Waals surface area contributed by atoms with E-state index >= 15 is 0 Å². The van der Waals surface area contributed by atoms with Crippen LogP contribution in [0.1, 0.15) is 6.92 Å². The van der Waals surface area contributed by atoms with Crippen LogP contribution in [-0.4, -0.2) is 21.3 Å². The van der Waals surface area contributed by atoms with E-state index in [-0.39, 0.29) is 5.88 Å². The molecular formula is C6H7Cl3O2. The highest BCUT2D eigenvalue weighted by Crippen LogP contribution is 2.69. The highest BCUT2D eigenvalue weighted by atomic mass is 35.5. The lowest BCUT2D eigenvalue weighted by Gasteiger charge is -2.03. The third kappa shape index (κ3) is 1.04. The molecule has 0 saturated heterocycles. The van der Waals surface area contributed by atoms with Gasteiger partial charge in [-0.05, 0) is 0 Å². The molecule has 1 aliphatic carbocycles. The molecule has 5 heteroatoms. The summed E-state index contributed by atoms with van der Waals surface area (Å²) in [6, 6.07) is 0. The van der Waals surface area contributed by atoms with Gasteiger partial charge in [0, 0.05) is 11.3 Å². The minimum absolute atomic E-state index is 0.164. The summed E-state index contributed by atoms with van der Waals surface area (Å²) in [4.78, 5) is 10.5. The van der Waals surface area contributed by atoms with Gasteiger partial charge in [-0.3, -0.25) is 4.79 Å². The summed E-state index contributed by atoms with van der Waals surface area (Å²) in [5, 5.41) is 8.63. The molecule has 2 nitrogen and oxygen atoms in total. The summed E-state index contributed by atoms with van der Waals surface area (Å²) in [6.45, 7) is 1.67. The zero-order valence-electron chi connectivity index (χ0n) is 5.77. The summed E-state index contributed by atoms with van der Waals surface area (Å²) in [5.74, 6) is -1.56. The molecule has 0 heterocycles. The van der Waals surface area contributed by atoms with E-state index in [1.807, 2.05) is 0 Å². The van der Waals surface area contributed by atoms with Gasteiger partial charge in [0.05, 0.1) is 5.92 Å². The number of alkyl halides is 3. The topological polar surface area (TPSA) is 37.3 Å². The first-order valence-corrected chi connectivity index (χ1v) is 4.33. The van der Waals surface area contributed by atoms with Gasteiger partial charge in [0.15, 0.2) is 0 Å². The van der Waals surface area contributed by atoms with Crippen LogP contribution in [-0.2, 0) is 4.79 Å². The van der Waals surface area contributed by atoms with Crippen molar-refractivity contribution >= 4 is 40.8 Å². The monoisotopic (exact) mass is 216 g/mol. The van der Waals surface area contributed by atoms with Crippen molar-refractivity contribution in [3.63, 3.8) is 0 Å². The van der Waals surface area contributed by atoms with E-state index in [9.17, 15) is 4.79 Å². The van der Waals surface area contributed by atoms with Gasteiger partial charge in [-0.15, -0.1) is 11.6 Å². The number of hydrogen-bond donors (Lipinski definition) is 1. The molecular weight excluding hydrogens is 210 g/mol. The zero-order chi connectivity index (χ0) is 8.86. The van der Waals surface area contributed by atoms with Crippen molar-refractivity contribution < 1.29 is 9.90 Å². The average Bonchev–Trinajstić information content (AvgIpc) is 2.29. The number of hydrogen-bond acceptors (Lipinski definition) is 1. The molecule has 0 bridgehead atoms. The predicted molar refractivity (Wildman–Crippen MR) is 44.4 cm³/mol. The second kappa shape index (κ2) is 2.41. The maximum Gasteiger partial charge on any atom is 0.310 e. The Morgan fingerprint density at radius 3 is 2.18 bits per heavy atom. The molecule has 0 aromatic rings. The highest BCUT2D eigenvalue weighted by Gasteiger charge is 2.76. The lowest BCUT2D eigenvalue weighted by atomic mass is 10.1. The van der Waals surface area contributed by atoms with Gasteiger partial charge < -0.3 is 5.11 Å². The number of rotatable bonds is 2. The Kier molecular flexibility index (Phi) is 2.07. The first kappa shape index (κ1) is 9.43. The van der Waals surface area contributed by atoms with E-state index in [0.29, 0.717) is 0 Å². The summed E-state index contributed by atoms with van der Waals surface area (Å²) in [6.07, 6.45) is 0. The van der Waals surface area contributed by atoms with Crippen molar-refractivity contribution in [2.24, 2.45) is 11.3 Å². The van der Waals surface area contributed by atoms with Crippen LogP contribution in [0.4, 0.5) is 0 Å². The molecule has 0 spiro atoms. The summed E-state index contributed by atoms with van der Waals surface area (Å²) < 4.78 is -1.19. The minimum Gasteiger partial charge on any atom is -0.481 e. The Hall–Kier alpha value is 0.340. The fourth-order valence-electron chi connectivity index (χ4n) is 1.18. The summed E-state index contributed by atoms with van der Waals surface area (Å²) in [7, 11) is 0. The lowest BCUT2D eigenvalue weighted by Crippen LogP contribution is -2.07. The van der Waals surface area contributed by atoms with Crippen LogP contribution >= 0.6 is 34.8 Å². The maximum absolute atomic E-state index is 10.5. The second-order valence-corrected chi connectivity index (χ2v) is 4.60. The van der Waals surface area contributed by atoms with E-state index in [0.717, 1.165) is 0 Å². The van der Waals surface area contributed by atoms with Crippen LogP contribution in [0.3, 0.4) is 0 Å². The molecule has 0 aliphatic heterocycles. The second-order valence-electron chi connectivity index (χ2n) is 2.95. The van der Waals surface area contributed by atoms with Crippen molar-refractivity contribution in [2.45, 2.75) is 11.3 Å². The third-order valence-electron chi connectivity index (χ3n) is 2.20. The normalized spacial score (nSPS) is 40.2. The van der Waals surface area contributed by atoms with Crippen LogP contribution in [0.5, 0.6) is 0 Å². The standard InChI is InChI=1S/C6H7Cl3O2/c1-5(2-7)3(4(10)11)6(5,8)9/h3H,2H2,1H3,(H,10,11). The molecule has 2 unspecified atom stereocenters. The van der Waals surface area contributed by atoms with Crippen LogP contribution in [0, 0.1) is 11.3 Å². The smallest absolute Gasteiger partial charge is 0.310 e. The van der Waals surface area contributed by atoms with Crippen LogP contribution in [0.2, 0.25) is 0 Å². The summed E-state index contributed by atoms with van der Waals surface area (Å²) in [5.41, 5.74) is -0.677. The highest BCUT2D eigenvalue weighted by molar-refractivity contribution is 6.53. The summed E-state index contributed by atoms with van der Waals surface area (Å²) >= 11 is 17.0. The van der Waals surface area contributed by atoms with Gasteiger partial charge in [-0.25, -0.2) is 0 Å². The first-order valence-electron chi connectivity index (χ1n) is 3.04. The van der Waals surface area contributed by atoms with Gasteiger partial charge in [-0.1, -0.05) is 30.1 Å². The molecule has 11 heavy (non-hydrogen) atoms. The SMILES string of the molecule is CC1(CCl)C(C(=O)O)C1(Cl)Cl. The molecule has 0 aromatic carbocycles. The fraction of sp³-hybridized carbons (Fsp3) is 0.833. The molecule has 1 fully saturated rings. The predicted octanol–water partition coefficient (Wildman–Crippen LogP) is 2.12. The molecule has 0 radical (unpaired) electrons. The van der Waals surface area contributed by atoms with E-state index in [1.165, 1.54) is 0 Å². The third-order valence-corrected chi connectivity index (χ3v) is 4.06. The van der Waals surface area contributed by atoms with Crippen LogP contribution in [0.15, 0.2) is 0 Å². The molecule has 0 aromatic heterocycles. The minimum atomic E-state index is -1.19. The Bertz CT molecular complexity index is 204. The van der Waals surface area contributed by atoms with Gasteiger partial charge >= 0.3 is 5.97 Å². The average molecular weight is 217 g/mol. The molecule has 1 N–H and O–H groups in total. The largest absolute Gasteiger partial charge is 0.481 e. The van der Waals surface area contributed by atoms with Crippen molar-refractivity contribution in [1.82, 2.24) is 0 Å². The quantitative estimate of drug-likeness (QED) is 0.720. The maximum atomic E-state index is 10.5. The number of carboxylic acids is 1. The Morgan fingerprint density at radius 1 is 1.64 bits per heavy atom. The van der Waals surface area contributed by atoms with Crippen LogP contribution in [0.25, 0.3) is 0 Å². The van der Waals surface area contributed by atoms with Crippen LogP contribution < -0.4 is 0 Å². The van der Waals surface area contributed by atoms with Gasteiger partial charge in [0.25, 0.3) is 0 Å². The van der Waals surface area contributed by atoms with Crippen molar-refractivity contribution in [1.29, 1.82) is 0 Å². The molecule has 0 amide bonds. The number of carboxylic acid groups (broad SMARTS) is 1. The Morgan fingerprint density at radius 2 is 2.09 bits per heavy atom. The van der Waals surface area contributed by atoms with E-state index in [4.69, 9.17) is 39.9 Å². The van der Waals surface area contributed by atoms with E-state index < -0.39 is 21.6 Å². The van der Waals surface area contributed by atoms with Gasteiger partial charge in [-0.2, -0.15) is 0 Å². The van der Waals surface area contributed by atoms with E-state index in [1.54, 1.807) is 6.92 Å². The fourth-order valence-corrected chi connectivity index (χ4v) is 2.59. The molecule has 1 saturated carbocycles. The molecule has 1 aliphatic rings. The van der Waals surface area contributed by atoms with Crippen molar-refractivity contribution in [3.8, 4) is 0 Å². The molecule has 1 rings (SSSR count). The van der Waals surface area contributed by atoms with Gasteiger partial charge in [0.2, 0.25) is 0 Å². The number of aliphatic carboxylic acids is 1. The Labute approximate surface area is 79.4 Å². The van der Waals surface area contributed by atoms with E-state index in [2.05, 4.69) is 0 Å². The van der Waals surface area contributed by atoms with Gasteiger partial charge in [0.1, 0.15) is 4.33 Å². The van der Waals surface area contributed by atoms with Crippen molar-refractivity contribution in [2.75, 3.05) is 5.88 Å². The Balaban J connectivity index is 2.83. The number of carbonyl (C=O) groups is 1. The first-order chi connectivity index (χ1) is 4.88. The van der Waals surface area contributed by atoms with Crippen molar-refractivity contribution in [3.05, 3.63) is 0 Å². The zero-order valence-corrected chi connectivity index (χ0v) is 8.04. The molecule has 2 atom stereocenters. The lowest BCUT2D eigenvalue weighted by molar-refractivity contribution is -0.139. The number of halogens is 3. The molecule has 64 valence electrons.